The molecule has 4 rings (SSSR count). The van der Waals surface area contributed by atoms with Crippen molar-refractivity contribution in [1.29, 1.82) is 0 Å². The number of hydrogen-bond acceptors (Lipinski definition) is 5. The number of aromatic hydroxyl groups is 1. The maximum atomic E-state index is 12.9. The average Bonchev–Trinajstić information content (AvgIpc) is 2.72. The third kappa shape index (κ3) is 3.90. The molecule has 1 aliphatic rings. The molecular formula is C23H25ClN2O3. The molecule has 1 N–H and O–H groups in total. The molecule has 0 saturated carbocycles. The Bertz CT molecular complexity index is 1080. The first kappa shape index (κ1) is 20.0. The molecule has 0 spiro atoms. The number of aryl methyl sites for hydroxylation is 1. The molecule has 0 amide bonds. The lowest BCUT2D eigenvalue weighted by Gasteiger charge is -2.34. The first-order valence-corrected chi connectivity index (χ1v) is 10.3. The van der Waals surface area contributed by atoms with Gasteiger partial charge in [0.05, 0.1) is 11.1 Å². The maximum Gasteiger partial charge on any atom is 0.344 e. The molecule has 1 aromatic heterocycles. The van der Waals surface area contributed by atoms with Gasteiger partial charge in [0.1, 0.15) is 11.3 Å². The maximum absolute atomic E-state index is 12.9. The van der Waals surface area contributed by atoms with E-state index in [1.54, 1.807) is 18.2 Å². The average molecular weight is 413 g/mol. The highest BCUT2D eigenvalue weighted by molar-refractivity contribution is 6.30. The fourth-order valence-electron chi connectivity index (χ4n) is 4.05. The van der Waals surface area contributed by atoms with E-state index in [4.69, 9.17) is 16.0 Å². The van der Waals surface area contributed by atoms with E-state index in [0.29, 0.717) is 28.3 Å². The number of nitrogens with zero attached hydrogens (tertiary/aromatic N) is 2. The molecule has 6 heteroatoms. The first-order valence-electron chi connectivity index (χ1n) is 9.97. The zero-order valence-corrected chi connectivity index (χ0v) is 17.5. The van der Waals surface area contributed by atoms with E-state index in [1.807, 2.05) is 25.1 Å². The van der Waals surface area contributed by atoms with E-state index in [9.17, 15) is 9.90 Å². The van der Waals surface area contributed by atoms with Gasteiger partial charge in [0.2, 0.25) is 0 Å². The van der Waals surface area contributed by atoms with Gasteiger partial charge in [-0.05, 0) is 48.9 Å². The number of likely N-dealkylation sites (N-methyl/N-ethyl adjacent to an activating group) is 1. The number of halogens is 1. The lowest BCUT2D eigenvalue weighted by molar-refractivity contribution is 0.131. The van der Waals surface area contributed by atoms with Crippen LogP contribution in [0.1, 0.15) is 18.1 Å². The molecule has 152 valence electrons. The van der Waals surface area contributed by atoms with Gasteiger partial charge in [-0.25, -0.2) is 4.79 Å². The second-order valence-electron chi connectivity index (χ2n) is 7.55. The number of piperazine rings is 1. The first-order chi connectivity index (χ1) is 14.0. The predicted octanol–water partition coefficient (Wildman–Crippen LogP) is 4.26. The molecule has 29 heavy (non-hydrogen) atoms. The van der Waals surface area contributed by atoms with Crippen molar-refractivity contribution in [1.82, 2.24) is 9.80 Å². The van der Waals surface area contributed by atoms with Crippen LogP contribution in [-0.2, 0) is 6.54 Å². The van der Waals surface area contributed by atoms with E-state index >= 15 is 0 Å². The summed E-state index contributed by atoms with van der Waals surface area (Å²) in [5.74, 6) is 0.164. The molecule has 0 radical (unpaired) electrons. The lowest BCUT2D eigenvalue weighted by atomic mass is 9.98. The summed E-state index contributed by atoms with van der Waals surface area (Å²) in [6, 6.07) is 10.7. The Balaban J connectivity index is 1.76. The molecule has 2 aromatic carbocycles. The van der Waals surface area contributed by atoms with Crippen molar-refractivity contribution < 1.29 is 9.52 Å². The molecule has 0 atom stereocenters. The Labute approximate surface area is 175 Å². The molecule has 1 fully saturated rings. The van der Waals surface area contributed by atoms with E-state index in [0.717, 1.165) is 49.2 Å². The summed E-state index contributed by atoms with van der Waals surface area (Å²) >= 11 is 5.99. The van der Waals surface area contributed by atoms with E-state index in [1.165, 1.54) is 0 Å². The van der Waals surface area contributed by atoms with Gasteiger partial charge in [-0.3, -0.25) is 4.90 Å². The molecule has 5 nitrogen and oxygen atoms in total. The highest BCUT2D eigenvalue weighted by Crippen LogP contribution is 2.33. The van der Waals surface area contributed by atoms with Gasteiger partial charge in [0.25, 0.3) is 0 Å². The number of phenolic OH excluding ortho intramolecular Hbond substituents is 1. The van der Waals surface area contributed by atoms with Gasteiger partial charge >= 0.3 is 5.63 Å². The molecule has 0 unspecified atom stereocenters. The number of benzene rings is 2. The Morgan fingerprint density at radius 1 is 1.03 bits per heavy atom. The van der Waals surface area contributed by atoms with Crippen LogP contribution < -0.4 is 5.63 Å². The van der Waals surface area contributed by atoms with Crippen LogP contribution in [0.5, 0.6) is 5.75 Å². The van der Waals surface area contributed by atoms with Gasteiger partial charge in [-0.2, -0.15) is 0 Å². The normalized spacial score (nSPS) is 15.8. The molecule has 3 aromatic rings. The van der Waals surface area contributed by atoms with Crippen molar-refractivity contribution >= 4 is 22.6 Å². The van der Waals surface area contributed by atoms with Crippen LogP contribution in [0.25, 0.3) is 22.1 Å². The van der Waals surface area contributed by atoms with Crippen molar-refractivity contribution in [2.24, 2.45) is 0 Å². The summed E-state index contributed by atoms with van der Waals surface area (Å²) in [6.45, 7) is 9.56. The van der Waals surface area contributed by atoms with Crippen LogP contribution in [0.2, 0.25) is 5.02 Å². The summed E-state index contributed by atoms with van der Waals surface area (Å²) in [4.78, 5) is 17.6. The van der Waals surface area contributed by atoms with Crippen LogP contribution in [0.3, 0.4) is 0 Å². The Hall–Kier alpha value is -2.34. The van der Waals surface area contributed by atoms with Crippen LogP contribution in [0.4, 0.5) is 0 Å². The summed E-state index contributed by atoms with van der Waals surface area (Å²) in [6.07, 6.45) is 0. The highest BCUT2D eigenvalue weighted by Gasteiger charge is 2.21. The van der Waals surface area contributed by atoms with Crippen LogP contribution in [0.15, 0.2) is 45.6 Å². The minimum absolute atomic E-state index is 0.164. The summed E-state index contributed by atoms with van der Waals surface area (Å²) in [5.41, 5.74) is 2.89. The van der Waals surface area contributed by atoms with Gasteiger partial charge in [-0.1, -0.05) is 30.7 Å². The summed E-state index contributed by atoms with van der Waals surface area (Å²) < 4.78 is 5.77. The van der Waals surface area contributed by atoms with Gasteiger partial charge in [0.15, 0.2) is 0 Å². The van der Waals surface area contributed by atoms with Crippen molar-refractivity contribution in [3.8, 4) is 16.9 Å². The molecule has 0 aliphatic carbocycles. The largest absolute Gasteiger partial charge is 0.507 e. The van der Waals surface area contributed by atoms with Crippen molar-refractivity contribution in [2.45, 2.75) is 20.4 Å². The van der Waals surface area contributed by atoms with Gasteiger partial charge in [-0.15, -0.1) is 0 Å². The minimum atomic E-state index is -0.403. The lowest BCUT2D eigenvalue weighted by Crippen LogP contribution is -2.45. The summed E-state index contributed by atoms with van der Waals surface area (Å²) in [7, 11) is 0. The van der Waals surface area contributed by atoms with Crippen LogP contribution in [0, 0.1) is 6.92 Å². The smallest absolute Gasteiger partial charge is 0.344 e. The standard InChI is InChI=1S/C23H25ClN2O3/c1-3-25-10-12-26(13-11-25)14-19-20(27)9-8-18-15(2)21(23(28)29-22(18)19)16-4-6-17(24)7-5-16/h4-9,27H,3,10-14H2,1-2H3. The SMILES string of the molecule is CCN1CCN(Cc2c(O)ccc3c(C)c(-c4ccc(Cl)cc4)c(=O)oc23)CC1. The molecule has 0 bridgehead atoms. The van der Waals surface area contributed by atoms with Gasteiger partial charge < -0.3 is 14.4 Å². The van der Waals surface area contributed by atoms with Crippen molar-refractivity contribution in [2.75, 3.05) is 32.7 Å². The quantitative estimate of drug-likeness (QED) is 0.648. The van der Waals surface area contributed by atoms with E-state index in [-0.39, 0.29) is 5.75 Å². The minimum Gasteiger partial charge on any atom is -0.507 e. The molecular weight excluding hydrogens is 388 g/mol. The summed E-state index contributed by atoms with van der Waals surface area (Å²) in [5, 5.41) is 12.0. The molecule has 2 heterocycles. The second-order valence-corrected chi connectivity index (χ2v) is 7.98. The number of fused-ring (bicyclic) bond motifs is 1. The fourth-order valence-corrected chi connectivity index (χ4v) is 4.18. The van der Waals surface area contributed by atoms with Gasteiger partial charge in [0, 0.05) is 43.1 Å². The zero-order valence-electron chi connectivity index (χ0n) is 16.7. The Morgan fingerprint density at radius 2 is 1.69 bits per heavy atom. The topological polar surface area (TPSA) is 56.9 Å². The monoisotopic (exact) mass is 412 g/mol. The number of hydrogen-bond donors (Lipinski definition) is 1. The number of rotatable bonds is 4. The molecule has 1 aliphatic heterocycles. The van der Waals surface area contributed by atoms with Crippen molar-refractivity contribution in [3.05, 3.63) is 63.0 Å². The predicted molar refractivity (Wildman–Crippen MR) is 117 cm³/mol. The zero-order chi connectivity index (χ0) is 20.5. The van der Waals surface area contributed by atoms with E-state index in [2.05, 4.69) is 16.7 Å². The van der Waals surface area contributed by atoms with E-state index < -0.39 is 5.63 Å². The second kappa shape index (κ2) is 8.19. The highest BCUT2D eigenvalue weighted by atomic mass is 35.5. The third-order valence-corrected chi connectivity index (χ3v) is 6.09. The Kier molecular flexibility index (Phi) is 5.63. The Morgan fingerprint density at radius 3 is 2.34 bits per heavy atom. The van der Waals surface area contributed by atoms with Crippen LogP contribution >= 0.6 is 11.6 Å². The number of phenols is 1. The third-order valence-electron chi connectivity index (χ3n) is 5.84. The fraction of sp³-hybridized carbons (Fsp3) is 0.348. The van der Waals surface area contributed by atoms with Crippen LogP contribution in [-0.4, -0.2) is 47.6 Å². The molecule has 1 saturated heterocycles. The van der Waals surface area contributed by atoms with Crippen molar-refractivity contribution in [3.63, 3.8) is 0 Å².